The summed E-state index contributed by atoms with van der Waals surface area (Å²) in [5.41, 5.74) is 0.730. The summed E-state index contributed by atoms with van der Waals surface area (Å²) in [6, 6.07) is 0.265. The third-order valence-corrected chi connectivity index (χ3v) is 3.85. The molecule has 1 saturated carbocycles. The molecule has 0 aliphatic heterocycles. The Morgan fingerprint density at radius 2 is 2.31 bits per heavy atom. The number of ether oxygens (including phenoxy) is 1. The van der Waals surface area contributed by atoms with Crippen molar-refractivity contribution in [1.29, 1.82) is 0 Å². The van der Waals surface area contributed by atoms with E-state index in [0.29, 0.717) is 35.6 Å². The Labute approximate surface area is 146 Å². The molecule has 3 heterocycles. The van der Waals surface area contributed by atoms with E-state index in [0.717, 1.165) is 12.8 Å². The standard InChI is InChI=1S/C15H18N8O3/c1-26-5-4-16-13-20-11-8(6-10-12(24)21-15(25)19-10)7-17-23(11)14(22-13)18-9-2-3-9/h6-7,9,24H,2-5H2,1H3,(H,16,18,22)(H2,19,21,25)/b8-6-. The van der Waals surface area contributed by atoms with Gasteiger partial charge in [0.15, 0.2) is 5.65 Å². The number of methoxy groups -OCH3 is 1. The molecule has 1 aliphatic rings. The van der Waals surface area contributed by atoms with E-state index >= 15 is 0 Å². The zero-order valence-electron chi connectivity index (χ0n) is 14.1. The van der Waals surface area contributed by atoms with Gasteiger partial charge in [-0.05, 0) is 18.9 Å². The normalized spacial score (nSPS) is 15.9. The number of H-pyrrole nitrogens is 2. The van der Waals surface area contributed by atoms with Crippen LogP contribution in [-0.4, -0.2) is 61.0 Å². The lowest BCUT2D eigenvalue weighted by Gasteiger charge is -2.04. The minimum atomic E-state index is -0.494. The van der Waals surface area contributed by atoms with Crippen molar-refractivity contribution in [2.75, 3.05) is 25.6 Å². The Kier molecular flexibility index (Phi) is 4.13. The maximum absolute atomic E-state index is 11.3. The summed E-state index contributed by atoms with van der Waals surface area (Å²) >= 11 is 0. The molecule has 26 heavy (non-hydrogen) atoms. The molecule has 11 nitrogen and oxygen atoms in total. The zero-order valence-corrected chi connectivity index (χ0v) is 14.1. The zero-order chi connectivity index (χ0) is 18.1. The van der Waals surface area contributed by atoms with E-state index < -0.39 is 5.69 Å². The predicted octanol–water partition coefficient (Wildman–Crippen LogP) is -1.48. The lowest BCUT2D eigenvalue weighted by atomic mass is 10.3. The van der Waals surface area contributed by atoms with Crippen LogP contribution in [0.25, 0.3) is 11.7 Å². The first kappa shape index (κ1) is 16.3. The molecular weight excluding hydrogens is 340 g/mol. The minimum absolute atomic E-state index is 0.246. The van der Waals surface area contributed by atoms with Gasteiger partial charge < -0.3 is 20.1 Å². The van der Waals surface area contributed by atoms with E-state index in [1.54, 1.807) is 23.9 Å². The number of rotatable bonds is 6. The van der Waals surface area contributed by atoms with Gasteiger partial charge in [-0.15, -0.1) is 0 Å². The molecule has 1 fully saturated rings. The Morgan fingerprint density at radius 1 is 1.46 bits per heavy atom. The van der Waals surface area contributed by atoms with Crippen LogP contribution in [0, 0.1) is 0 Å². The van der Waals surface area contributed by atoms with Crippen LogP contribution in [0.3, 0.4) is 0 Å². The van der Waals surface area contributed by atoms with Crippen LogP contribution in [0.2, 0.25) is 0 Å². The average molecular weight is 358 g/mol. The molecule has 4 N–H and O–H groups in total. The van der Waals surface area contributed by atoms with Crippen molar-refractivity contribution >= 4 is 17.7 Å². The van der Waals surface area contributed by atoms with Crippen molar-refractivity contribution in [1.82, 2.24) is 29.5 Å². The van der Waals surface area contributed by atoms with Gasteiger partial charge >= 0.3 is 5.69 Å². The second-order valence-electron chi connectivity index (χ2n) is 5.95. The van der Waals surface area contributed by atoms with Crippen LogP contribution < -0.4 is 21.8 Å². The van der Waals surface area contributed by atoms with Gasteiger partial charge in [-0.3, -0.25) is 4.98 Å². The van der Waals surface area contributed by atoms with E-state index in [4.69, 9.17) is 4.74 Å². The smallest absolute Gasteiger partial charge is 0.326 e. The van der Waals surface area contributed by atoms with Crippen molar-refractivity contribution in [3.63, 3.8) is 0 Å². The van der Waals surface area contributed by atoms with E-state index in [1.165, 1.54) is 0 Å². The van der Waals surface area contributed by atoms with Gasteiger partial charge in [0.05, 0.1) is 18.8 Å². The molecule has 0 saturated heterocycles. The summed E-state index contributed by atoms with van der Waals surface area (Å²) in [5.74, 6) is 0.167. The first-order valence-corrected chi connectivity index (χ1v) is 8.19. The lowest BCUT2D eigenvalue weighted by Crippen LogP contribution is -2.25. The van der Waals surface area contributed by atoms with Crippen molar-refractivity contribution in [2.24, 2.45) is 4.99 Å². The van der Waals surface area contributed by atoms with Crippen LogP contribution in [0.15, 0.2) is 16.0 Å². The van der Waals surface area contributed by atoms with Gasteiger partial charge in [0.25, 0.3) is 5.62 Å². The monoisotopic (exact) mass is 358 g/mol. The second-order valence-corrected chi connectivity index (χ2v) is 5.95. The number of nitrogens with zero attached hydrogens (tertiary/aromatic N) is 5. The molecule has 0 amide bonds. The number of imidazole rings is 1. The number of aromatic amines is 2. The van der Waals surface area contributed by atoms with Crippen LogP contribution >= 0.6 is 0 Å². The highest BCUT2D eigenvalue weighted by Gasteiger charge is 2.20. The van der Waals surface area contributed by atoms with Gasteiger partial charge in [-0.2, -0.15) is 19.6 Å². The fourth-order valence-electron chi connectivity index (χ4n) is 2.42. The SMILES string of the molecule is COCCNc1nc(=NC2CC2)n2nc/c(=C/c3[nH]c(=O)[nH]c3O)c2n1. The third-order valence-electron chi connectivity index (χ3n) is 3.85. The average Bonchev–Trinajstić information content (AvgIpc) is 3.24. The summed E-state index contributed by atoms with van der Waals surface area (Å²) in [6.07, 6.45) is 5.25. The number of anilines is 1. The predicted molar refractivity (Wildman–Crippen MR) is 91.6 cm³/mol. The molecule has 0 atom stereocenters. The van der Waals surface area contributed by atoms with Gasteiger partial charge in [0.1, 0.15) is 5.69 Å². The maximum Gasteiger partial charge on any atom is 0.326 e. The topological polar surface area (TPSA) is 146 Å². The van der Waals surface area contributed by atoms with E-state index in [1.807, 2.05) is 0 Å². The number of hydrogen-bond acceptors (Lipinski definition) is 8. The van der Waals surface area contributed by atoms with Crippen LogP contribution in [0.4, 0.5) is 5.95 Å². The summed E-state index contributed by atoms with van der Waals surface area (Å²) in [5, 5.41) is 17.8. The molecule has 0 aromatic carbocycles. The third kappa shape index (κ3) is 3.28. The molecule has 0 spiro atoms. The van der Waals surface area contributed by atoms with Gasteiger partial charge in [-0.25, -0.2) is 9.79 Å². The quantitative estimate of drug-likeness (QED) is 0.393. The van der Waals surface area contributed by atoms with Crippen LogP contribution in [0.1, 0.15) is 18.5 Å². The fraction of sp³-hybridized carbons (Fsp3) is 0.400. The van der Waals surface area contributed by atoms with Crippen molar-refractivity contribution < 1.29 is 9.84 Å². The molecule has 0 unspecified atom stereocenters. The van der Waals surface area contributed by atoms with Crippen molar-refractivity contribution in [3.8, 4) is 5.88 Å². The number of nitrogens with one attached hydrogen (secondary N) is 3. The van der Waals surface area contributed by atoms with E-state index in [-0.39, 0.29) is 17.6 Å². The summed E-state index contributed by atoms with van der Waals surface area (Å²) in [4.78, 5) is 29.6. The van der Waals surface area contributed by atoms with Crippen LogP contribution in [0.5, 0.6) is 5.88 Å². The molecule has 1 aliphatic carbocycles. The highest BCUT2D eigenvalue weighted by atomic mass is 16.5. The van der Waals surface area contributed by atoms with Crippen molar-refractivity contribution in [3.05, 3.63) is 33.2 Å². The molecule has 3 aromatic heterocycles. The Hall–Kier alpha value is -3.21. The van der Waals surface area contributed by atoms with Crippen LogP contribution in [-0.2, 0) is 4.74 Å². The van der Waals surface area contributed by atoms with E-state index in [2.05, 4.69) is 35.3 Å². The number of aromatic hydroxyl groups is 1. The first-order chi connectivity index (χ1) is 12.6. The molecule has 0 bridgehead atoms. The maximum atomic E-state index is 11.3. The number of hydrogen-bond donors (Lipinski definition) is 4. The first-order valence-electron chi connectivity index (χ1n) is 8.19. The number of aromatic nitrogens is 6. The van der Waals surface area contributed by atoms with Crippen molar-refractivity contribution in [2.45, 2.75) is 18.9 Å². The second kappa shape index (κ2) is 6.59. The molecule has 11 heteroatoms. The largest absolute Gasteiger partial charge is 0.493 e. The Bertz CT molecular complexity index is 1110. The molecule has 4 rings (SSSR count). The minimum Gasteiger partial charge on any atom is -0.493 e. The summed E-state index contributed by atoms with van der Waals surface area (Å²) in [6.45, 7) is 1.06. The van der Waals surface area contributed by atoms with Gasteiger partial charge in [0.2, 0.25) is 11.8 Å². The molecule has 3 aromatic rings. The van der Waals surface area contributed by atoms with Gasteiger partial charge in [-0.1, -0.05) is 0 Å². The fourth-order valence-corrected chi connectivity index (χ4v) is 2.42. The highest BCUT2D eigenvalue weighted by Crippen LogP contribution is 2.22. The van der Waals surface area contributed by atoms with Gasteiger partial charge in [0, 0.05) is 18.9 Å². The molecule has 136 valence electrons. The Morgan fingerprint density at radius 3 is 3.00 bits per heavy atom. The summed E-state index contributed by atoms with van der Waals surface area (Å²) < 4.78 is 6.58. The molecular formula is C15H18N8O3. The van der Waals surface area contributed by atoms with E-state index in [9.17, 15) is 9.90 Å². The summed E-state index contributed by atoms with van der Waals surface area (Å²) in [7, 11) is 1.62. The lowest BCUT2D eigenvalue weighted by molar-refractivity contribution is 0.210. The Balaban J connectivity index is 1.85. The molecule has 0 radical (unpaired) electrons. The number of fused-ring (bicyclic) bond motifs is 1. The highest BCUT2D eigenvalue weighted by molar-refractivity contribution is 5.57.